The highest BCUT2D eigenvalue weighted by atomic mass is 16.3. The van der Waals surface area contributed by atoms with Gasteiger partial charge in [-0.25, -0.2) is 0 Å². The van der Waals surface area contributed by atoms with E-state index in [0.29, 0.717) is 5.92 Å². The second-order valence-corrected chi connectivity index (χ2v) is 4.79. The molecule has 2 N–H and O–H groups in total. The molecule has 1 aliphatic heterocycles. The summed E-state index contributed by atoms with van der Waals surface area (Å²) in [6.07, 6.45) is 2.83. The van der Waals surface area contributed by atoms with Crippen LogP contribution >= 0.6 is 0 Å². The van der Waals surface area contributed by atoms with E-state index in [0.717, 1.165) is 32.4 Å². The molecule has 1 saturated heterocycles. The van der Waals surface area contributed by atoms with Crippen LogP contribution in [0.25, 0.3) is 0 Å². The SMILES string of the molecule is CC.Cc1ccccc1C[C@H](O)C1CCNCC1. The third kappa shape index (κ3) is 4.43. The molecule has 18 heavy (non-hydrogen) atoms. The number of nitrogens with one attached hydrogen (secondary N) is 1. The number of benzene rings is 1. The Morgan fingerprint density at radius 3 is 2.44 bits per heavy atom. The molecule has 1 aromatic rings. The van der Waals surface area contributed by atoms with Crippen molar-refractivity contribution in [3.8, 4) is 0 Å². The van der Waals surface area contributed by atoms with Crippen molar-refractivity contribution in [1.82, 2.24) is 5.32 Å². The van der Waals surface area contributed by atoms with E-state index in [2.05, 4.69) is 36.5 Å². The maximum atomic E-state index is 10.2. The summed E-state index contributed by atoms with van der Waals surface area (Å²) in [5.41, 5.74) is 2.57. The maximum absolute atomic E-state index is 10.2. The van der Waals surface area contributed by atoms with Crippen molar-refractivity contribution in [1.29, 1.82) is 0 Å². The molecule has 0 bridgehead atoms. The van der Waals surface area contributed by atoms with Crippen LogP contribution in [0.5, 0.6) is 0 Å². The van der Waals surface area contributed by atoms with Crippen molar-refractivity contribution >= 4 is 0 Å². The molecule has 1 aromatic carbocycles. The Morgan fingerprint density at radius 2 is 1.83 bits per heavy atom. The van der Waals surface area contributed by atoms with Crippen LogP contribution in [0, 0.1) is 12.8 Å². The van der Waals surface area contributed by atoms with Crippen LogP contribution < -0.4 is 5.32 Å². The van der Waals surface area contributed by atoms with E-state index < -0.39 is 0 Å². The van der Waals surface area contributed by atoms with Gasteiger partial charge >= 0.3 is 0 Å². The zero-order valence-corrected chi connectivity index (χ0v) is 11.9. The van der Waals surface area contributed by atoms with Crippen molar-refractivity contribution in [3.63, 3.8) is 0 Å². The molecular formula is C16H27NO. The van der Waals surface area contributed by atoms with Gasteiger partial charge in [-0.15, -0.1) is 0 Å². The Bertz CT molecular complexity index is 332. The minimum absolute atomic E-state index is 0.178. The van der Waals surface area contributed by atoms with Gasteiger partial charge in [0.05, 0.1) is 6.10 Å². The molecule has 2 heteroatoms. The number of rotatable bonds is 3. The normalized spacial score (nSPS) is 17.8. The van der Waals surface area contributed by atoms with Gasteiger partial charge in [-0.3, -0.25) is 0 Å². The summed E-state index contributed by atoms with van der Waals surface area (Å²) in [6.45, 7) is 8.22. The summed E-state index contributed by atoms with van der Waals surface area (Å²) in [5.74, 6) is 0.473. The monoisotopic (exact) mass is 249 g/mol. The zero-order valence-electron chi connectivity index (χ0n) is 11.9. The fourth-order valence-corrected chi connectivity index (χ4v) is 2.46. The minimum atomic E-state index is -0.178. The first-order valence-electron chi connectivity index (χ1n) is 7.20. The maximum Gasteiger partial charge on any atom is 0.0609 e. The molecule has 0 spiro atoms. The first-order valence-corrected chi connectivity index (χ1v) is 7.20. The smallest absolute Gasteiger partial charge is 0.0609 e. The highest BCUT2D eigenvalue weighted by Crippen LogP contribution is 2.20. The standard InChI is InChI=1S/C14H21NO.C2H6/c1-11-4-2-3-5-13(11)10-14(16)12-6-8-15-9-7-12;1-2/h2-5,12,14-16H,6-10H2,1H3;1-2H3/t14-;/m0./s1. The van der Waals surface area contributed by atoms with Crippen molar-refractivity contribution in [2.24, 2.45) is 5.92 Å². The first kappa shape index (κ1) is 15.2. The van der Waals surface area contributed by atoms with Crippen molar-refractivity contribution in [3.05, 3.63) is 35.4 Å². The quantitative estimate of drug-likeness (QED) is 0.863. The molecule has 0 saturated carbocycles. The Hall–Kier alpha value is -0.860. The predicted molar refractivity (Wildman–Crippen MR) is 77.8 cm³/mol. The van der Waals surface area contributed by atoms with Crippen molar-refractivity contribution in [2.45, 2.75) is 46.1 Å². The largest absolute Gasteiger partial charge is 0.392 e. The van der Waals surface area contributed by atoms with E-state index in [-0.39, 0.29) is 6.10 Å². The Balaban J connectivity index is 0.000000771. The van der Waals surface area contributed by atoms with Crippen LogP contribution in [0.4, 0.5) is 0 Å². The number of hydrogen-bond donors (Lipinski definition) is 2. The molecule has 0 unspecified atom stereocenters. The van der Waals surface area contributed by atoms with Crippen LogP contribution in [0.3, 0.4) is 0 Å². The molecule has 0 aromatic heterocycles. The fourth-order valence-electron chi connectivity index (χ4n) is 2.46. The van der Waals surface area contributed by atoms with E-state index in [9.17, 15) is 5.11 Å². The summed E-state index contributed by atoms with van der Waals surface area (Å²) < 4.78 is 0. The summed E-state index contributed by atoms with van der Waals surface area (Å²) in [6, 6.07) is 8.34. The van der Waals surface area contributed by atoms with Gasteiger partial charge in [0.15, 0.2) is 0 Å². The van der Waals surface area contributed by atoms with Gasteiger partial charge in [0, 0.05) is 0 Å². The van der Waals surface area contributed by atoms with Crippen LogP contribution in [-0.4, -0.2) is 24.3 Å². The fraction of sp³-hybridized carbons (Fsp3) is 0.625. The molecule has 1 fully saturated rings. The van der Waals surface area contributed by atoms with E-state index in [4.69, 9.17) is 0 Å². The molecular weight excluding hydrogens is 222 g/mol. The lowest BCUT2D eigenvalue weighted by molar-refractivity contribution is 0.0889. The molecule has 2 nitrogen and oxygen atoms in total. The number of aliphatic hydroxyl groups is 1. The molecule has 102 valence electrons. The van der Waals surface area contributed by atoms with Crippen molar-refractivity contribution < 1.29 is 5.11 Å². The Kier molecular flexibility index (Phi) is 6.99. The molecule has 2 rings (SSSR count). The van der Waals surface area contributed by atoms with Gasteiger partial charge < -0.3 is 10.4 Å². The van der Waals surface area contributed by atoms with E-state index in [1.807, 2.05) is 13.8 Å². The van der Waals surface area contributed by atoms with Gasteiger partial charge in [-0.2, -0.15) is 0 Å². The van der Waals surface area contributed by atoms with Crippen LogP contribution in [-0.2, 0) is 6.42 Å². The second-order valence-electron chi connectivity index (χ2n) is 4.79. The number of piperidine rings is 1. The molecule has 0 radical (unpaired) electrons. The summed E-state index contributed by atoms with van der Waals surface area (Å²) in [7, 11) is 0. The van der Waals surface area contributed by atoms with E-state index in [1.165, 1.54) is 11.1 Å². The lowest BCUT2D eigenvalue weighted by atomic mass is 9.88. The van der Waals surface area contributed by atoms with Gasteiger partial charge in [0.1, 0.15) is 0 Å². The molecule has 1 atom stereocenters. The summed E-state index contributed by atoms with van der Waals surface area (Å²) >= 11 is 0. The molecule has 1 aliphatic rings. The average molecular weight is 249 g/mol. The lowest BCUT2D eigenvalue weighted by Crippen LogP contribution is -2.35. The zero-order chi connectivity index (χ0) is 13.4. The van der Waals surface area contributed by atoms with Gasteiger partial charge in [-0.1, -0.05) is 38.1 Å². The van der Waals surface area contributed by atoms with Gasteiger partial charge in [0.2, 0.25) is 0 Å². The Morgan fingerprint density at radius 1 is 1.22 bits per heavy atom. The number of aryl methyl sites for hydroxylation is 1. The van der Waals surface area contributed by atoms with E-state index >= 15 is 0 Å². The Labute approximate surface area is 111 Å². The topological polar surface area (TPSA) is 32.3 Å². The van der Waals surface area contributed by atoms with Gasteiger partial charge in [0.25, 0.3) is 0 Å². The van der Waals surface area contributed by atoms with Crippen molar-refractivity contribution in [2.75, 3.05) is 13.1 Å². The lowest BCUT2D eigenvalue weighted by Gasteiger charge is -2.27. The number of aliphatic hydroxyl groups excluding tert-OH is 1. The molecule has 1 heterocycles. The van der Waals surface area contributed by atoms with Crippen LogP contribution in [0.2, 0.25) is 0 Å². The molecule has 0 amide bonds. The van der Waals surface area contributed by atoms with Crippen LogP contribution in [0.15, 0.2) is 24.3 Å². The summed E-state index contributed by atoms with van der Waals surface area (Å²) in [5, 5.41) is 13.6. The number of hydrogen-bond acceptors (Lipinski definition) is 2. The first-order chi connectivity index (χ1) is 8.77. The highest BCUT2D eigenvalue weighted by Gasteiger charge is 2.21. The highest BCUT2D eigenvalue weighted by molar-refractivity contribution is 5.26. The summed E-state index contributed by atoms with van der Waals surface area (Å²) in [4.78, 5) is 0. The third-order valence-corrected chi connectivity index (χ3v) is 3.62. The average Bonchev–Trinajstić information content (AvgIpc) is 2.44. The van der Waals surface area contributed by atoms with Gasteiger partial charge in [-0.05, 0) is 56.3 Å². The minimum Gasteiger partial charge on any atom is -0.392 e. The predicted octanol–water partition coefficient (Wildman–Crippen LogP) is 2.92. The third-order valence-electron chi connectivity index (χ3n) is 3.62. The molecule has 0 aliphatic carbocycles. The second kappa shape index (κ2) is 8.28. The van der Waals surface area contributed by atoms with Crippen LogP contribution in [0.1, 0.15) is 37.8 Å². The van der Waals surface area contributed by atoms with E-state index in [1.54, 1.807) is 0 Å².